The topological polar surface area (TPSA) is 200 Å². The molecule has 2 N–H and O–H groups in total. The first-order valence-electron chi connectivity index (χ1n) is 11.2. The van der Waals surface area contributed by atoms with E-state index in [1.807, 2.05) is 0 Å². The zero-order valence-electron chi connectivity index (χ0n) is 20.9. The fraction of sp³-hybridized carbons (Fsp3) is 0.700. The SMILES string of the molecule is CC(C)OC(=O)OCOP(=O)(OCOC(=O)OC(C)C)OCC1OC(n2ccc(=O)[nH]c2=O)C(C)C1O. The lowest BCUT2D eigenvalue weighted by molar-refractivity contribution is -0.0680. The highest BCUT2D eigenvalue weighted by molar-refractivity contribution is 7.48. The van der Waals surface area contributed by atoms with Crippen LogP contribution in [0.5, 0.6) is 0 Å². The largest absolute Gasteiger partial charge is 0.510 e. The molecular weight excluding hydrogens is 523 g/mol. The number of nitrogens with one attached hydrogen (secondary N) is 1. The number of phosphoric ester groups is 1. The van der Waals surface area contributed by atoms with Crippen molar-refractivity contribution in [3.05, 3.63) is 33.1 Å². The number of ether oxygens (including phenoxy) is 5. The second kappa shape index (κ2) is 13.7. The summed E-state index contributed by atoms with van der Waals surface area (Å²) in [6.45, 7) is 5.49. The zero-order valence-corrected chi connectivity index (χ0v) is 21.8. The number of rotatable bonds is 12. The molecule has 2 rings (SSSR count). The van der Waals surface area contributed by atoms with Crippen LogP contribution in [0.25, 0.3) is 0 Å². The van der Waals surface area contributed by atoms with Crippen molar-refractivity contribution >= 4 is 20.1 Å². The number of H-pyrrole nitrogens is 1. The van der Waals surface area contributed by atoms with Crippen molar-refractivity contribution in [3.63, 3.8) is 0 Å². The number of carbonyl (C=O) groups is 2. The molecule has 37 heavy (non-hydrogen) atoms. The van der Waals surface area contributed by atoms with Crippen LogP contribution in [-0.2, 0) is 41.8 Å². The van der Waals surface area contributed by atoms with Gasteiger partial charge in [0.25, 0.3) is 5.56 Å². The predicted molar refractivity (Wildman–Crippen MR) is 121 cm³/mol. The van der Waals surface area contributed by atoms with E-state index in [9.17, 15) is 28.8 Å². The van der Waals surface area contributed by atoms with Crippen LogP contribution in [0.4, 0.5) is 9.59 Å². The molecule has 4 unspecified atom stereocenters. The van der Waals surface area contributed by atoms with Crippen molar-refractivity contribution in [2.75, 3.05) is 20.2 Å². The first-order chi connectivity index (χ1) is 17.3. The molecule has 1 aromatic rings. The van der Waals surface area contributed by atoms with E-state index in [0.29, 0.717) is 0 Å². The maximum absolute atomic E-state index is 13.0. The summed E-state index contributed by atoms with van der Waals surface area (Å²) in [5, 5.41) is 10.6. The Bertz CT molecular complexity index is 1040. The van der Waals surface area contributed by atoms with Crippen LogP contribution in [0, 0.1) is 5.92 Å². The fourth-order valence-corrected chi connectivity index (χ4v) is 3.90. The minimum absolute atomic E-state index is 0.488. The summed E-state index contributed by atoms with van der Waals surface area (Å²) in [6.07, 6.45) is -5.32. The maximum atomic E-state index is 13.0. The van der Waals surface area contributed by atoms with Crippen LogP contribution in [0.3, 0.4) is 0 Å². The number of hydrogen-bond acceptors (Lipinski definition) is 14. The molecule has 1 aromatic heterocycles. The van der Waals surface area contributed by atoms with Gasteiger partial charge in [0.15, 0.2) is 0 Å². The maximum Gasteiger partial charge on any atom is 0.510 e. The molecule has 1 fully saturated rings. The fourth-order valence-electron chi connectivity index (χ4n) is 2.98. The van der Waals surface area contributed by atoms with Gasteiger partial charge in [-0.05, 0) is 27.7 Å². The average Bonchev–Trinajstić information content (AvgIpc) is 3.05. The molecule has 1 aliphatic heterocycles. The summed E-state index contributed by atoms with van der Waals surface area (Å²) < 4.78 is 53.7. The molecule has 0 aliphatic carbocycles. The van der Waals surface area contributed by atoms with Gasteiger partial charge in [-0.1, -0.05) is 6.92 Å². The number of carbonyl (C=O) groups excluding carboxylic acids is 2. The summed E-state index contributed by atoms with van der Waals surface area (Å²) in [5.41, 5.74) is -1.37. The summed E-state index contributed by atoms with van der Waals surface area (Å²) in [6, 6.07) is 1.11. The molecule has 0 saturated carbocycles. The standard InChI is InChI=1S/C20H31N2O14P/c1-11(2)34-19(26)29-9-32-37(28,33-10-30-20(27)35-12(3)4)31-8-14-16(24)13(5)17(36-14)22-7-6-15(23)21-18(22)25/h6-7,11-14,16-17,24H,8-10H2,1-5H3,(H,21,23,25). The number of aliphatic hydroxyl groups is 1. The van der Waals surface area contributed by atoms with Crippen molar-refractivity contribution < 1.29 is 56.5 Å². The Hall–Kier alpha value is -2.75. The Morgan fingerprint density at radius 2 is 1.59 bits per heavy atom. The highest BCUT2D eigenvalue weighted by Gasteiger charge is 2.44. The lowest BCUT2D eigenvalue weighted by Crippen LogP contribution is -2.33. The molecular formula is C20H31N2O14P. The number of nitrogens with zero attached hydrogens (tertiary/aromatic N) is 1. The molecule has 0 radical (unpaired) electrons. The lowest BCUT2D eigenvalue weighted by atomic mass is 10.0. The first kappa shape index (κ1) is 30.5. The lowest BCUT2D eigenvalue weighted by Gasteiger charge is -2.21. The van der Waals surface area contributed by atoms with Crippen LogP contribution < -0.4 is 11.2 Å². The molecule has 0 spiro atoms. The van der Waals surface area contributed by atoms with Gasteiger partial charge in [0.2, 0.25) is 13.6 Å². The number of phosphoric acid groups is 1. The Morgan fingerprint density at radius 3 is 2.08 bits per heavy atom. The van der Waals surface area contributed by atoms with Gasteiger partial charge in [0.1, 0.15) is 12.3 Å². The van der Waals surface area contributed by atoms with E-state index in [1.54, 1.807) is 34.6 Å². The molecule has 1 aliphatic rings. The number of aromatic amines is 1. The van der Waals surface area contributed by atoms with E-state index in [-0.39, 0.29) is 0 Å². The predicted octanol–water partition coefficient (Wildman–Crippen LogP) is 1.63. The second-order valence-electron chi connectivity index (χ2n) is 8.29. The minimum atomic E-state index is -4.58. The van der Waals surface area contributed by atoms with Gasteiger partial charge in [0, 0.05) is 18.2 Å². The number of hydrogen-bond donors (Lipinski definition) is 2. The van der Waals surface area contributed by atoms with Crippen molar-refractivity contribution in [1.82, 2.24) is 9.55 Å². The van der Waals surface area contributed by atoms with E-state index in [1.165, 1.54) is 6.20 Å². The van der Waals surface area contributed by atoms with E-state index in [0.717, 1.165) is 10.6 Å². The molecule has 17 heteroatoms. The van der Waals surface area contributed by atoms with Gasteiger partial charge in [0.05, 0.1) is 24.9 Å². The Morgan fingerprint density at radius 1 is 1.05 bits per heavy atom. The van der Waals surface area contributed by atoms with Crippen LogP contribution in [0.2, 0.25) is 0 Å². The quantitative estimate of drug-likeness (QED) is 0.214. The third-order valence-electron chi connectivity index (χ3n) is 4.64. The molecule has 1 saturated heterocycles. The van der Waals surface area contributed by atoms with Crippen molar-refractivity contribution in [2.24, 2.45) is 5.92 Å². The smallest absolute Gasteiger partial charge is 0.432 e. The zero-order chi connectivity index (χ0) is 27.8. The van der Waals surface area contributed by atoms with Crippen LogP contribution in [-0.4, -0.2) is 71.6 Å². The van der Waals surface area contributed by atoms with Crippen LogP contribution in [0.15, 0.2) is 21.9 Å². The molecule has 2 heterocycles. The molecule has 16 nitrogen and oxygen atoms in total. The van der Waals surface area contributed by atoms with Gasteiger partial charge in [-0.15, -0.1) is 0 Å². The van der Waals surface area contributed by atoms with E-state index in [2.05, 4.69) is 14.5 Å². The molecule has 0 bridgehead atoms. The van der Waals surface area contributed by atoms with Gasteiger partial charge >= 0.3 is 25.8 Å². The summed E-state index contributed by atoms with van der Waals surface area (Å²) in [7, 11) is -4.58. The van der Waals surface area contributed by atoms with Crippen molar-refractivity contribution in [1.29, 1.82) is 0 Å². The Balaban J connectivity index is 2.04. The summed E-state index contributed by atoms with van der Waals surface area (Å²) in [4.78, 5) is 48.6. The normalized spacial score (nSPS) is 21.7. The van der Waals surface area contributed by atoms with Crippen LogP contribution >= 0.6 is 7.82 Å². The van der Waals surface area contributed by atoms with Crippen LogP contribution in [0.1, 0.15) is 40.8 Å². The third kappa shape index (κ3) is 9.57. The second-order valence-corrected chi connectivity index (χ2v) is 9.96. The first-order valence-corrected chi connectivity index (χ1v) is 12.6. The minimum Gasteiger partial charge on any atom is -0.432 e. The Kier molecular flexibility index (Phi) is 11.3. The Labute approximate surface area is 211 Å². The van der Waals surface area contributed by atoms with E-state index >= 15 is 0 Å². The summed E-state index contributed by atoms with van der Waals surface area (Å²) >= 11 is 0. The average molecular weight is 554 g/mol. The van der Waals surface area contributed by atoms with E-state index < -0.39 is 88.1 Å². The van der Waals surface area contributed by atoms with Crippen molar-refractivity contribution in [2.45, 2.75) is 65.3 Å². The third-order valence-corrected chi connectivity index (χ3v) is 5.95. The molecule has 0 aromatic carbocycles. The highest BCUT2D eigenvalue weighted by atomic mass is 31.2. The molecule has 4 atom stereocenters. The van der Waals surface area contributed by atoms with E-state index in [4.69, 9.17) is 27.8 Å². The molecule has 210 valence electrons. The number of aromatic nitrogens is 2. The molecule has 0 amide bonds. The monoisotopic (exact) mass is 554 g/mol. The van der Waals surface area contributed by atoms with Gasteiger partial charge < -0.3 is 28.8 Å². The highest BCUT2D eigenvalue weighted by Crippen LogP contribution is 2.50. The van der Waals surface area contributed by atoms with Crippen molar-refractivity contribution in [3.8, 4) is 0 Å². The number of aliphatic hydroxyl groups excluding tert-OH is 1. The van der Waals surface area contributed by atoms with Gasteiger partial charge in [-0.25, -0.2) is 28.0 Å². The van der Waals surface area contributed by atoms with Gasteiger partial charge in [-0.3, -0.25) is 18.9 Å². The summed E-state index contributed by atoms with van der Waals surface area (Å²) in [5.74, 6) is -0.651. The van der Waals surface area contributed by atoms with Gasteiger partial charge in [-0.2, -0.15) is 0 Å².